The number of carboxylic acid groups (broad SMARTS) is 1. The molecular weight excluding hydrogens is 444 g/mol. The molecule has 7 heteroatoms. The van der Waals surface area contributed by atoms with Gasteiger partial charge in [0.05, 0.1) is 0 Å². The molecule has 1 aliphatic heterocycles. The van der Waals surface area contributed by atoms with Crippen LogP contribution in [0.1, 0.15) is 58.1 Å². The number of ether oxygens (including phenoxy) is 1. The molecule has 2 aromatic carbocycles. The molecule has 35 heavy (non-hydrogen) atoms. The average Bonchev–Trinajstić information content (AvgIpc) is 3.29. The molecule has 1 heterocycles. The third kappa shape index (κ3) is 4.64. The normalized spacial score (nSPS) is 19.6. The summed E-state index contributed by atoms with van der Waals surface area (Å²) in [5.74, 6) is -1.52. The Labute approximate surface area is 206 Å². The summed E-state index contributed by atoms with van der Waals surface area (Å²) in [6.45, 7) is 9.71. The second-order valence-electron chi connectivity index (χ2n) is 11.3. The molecule has 1 saturated heterocycles. The first-order chi connectivity index (χ1) is 16.4. The maximum Gasteiger partial charge on any atom is 0.407 e. The summed E-state index contributed by atoms with van der Waals surface area (Å²) in [6.07, 6.45) is -0.109. The summed E-state index contributed by atoms with van der Waals surface area (Å²) in [4.78, 5) is 39.8. The van der Waals surface area contributed by atoms with E-state index in [0.717, 1.165) is 22.3 Å². The van der Waals surface area contributed by atoms with Crippen molar-refractivity contribution in [2.45, 2.75) is 59.0 Å². The number of carboxylic acids is 1. The highest BCUT2D eigenvalue weighted by Crippen LogP contribution is 2.44. The van der Waals surface area contributed by atoms with Crippen LogP contribution in [0, 0.1) is 10.8 Å². The van der Waals surface area contributed by atoms with Gasteiger partial charge in [-0.15, -0.1) is 0 Å². The molecule has 4 rings (SSSR count). The number of nitrogens with zero attached hydrogens (tertiary/aromatic N) is 1. The van der Waals surface area contributed by atoms with Gasteiger partial charge in [-0.05, 0) is 39.5 Å². The topological polar surface area (TPSA) is 95.9 Å². The van der Waals surface area contributed by atoms with Crippen molar-refractivity contribution in [2.75, 3.05) is 13.2 Å². The molecule has 0 bridgehead atoms. The van der Waals surface area contributed by atoms with Gasteiger partial charge in [-0.3, -0.25) is 4.79 Å². The van der Waals surface area contributed by atoms with Crippen LogP contribution in [0.5, 0.6) is 0 Å². The predicted octanol–water partition coefficient (Wildman–Crippen LogP) is 4.65. The highest BCUT2D eigenvalue weighted by Gasteiger charge is 2.50. The Morgan fingerprint density at radius 2 is 1.60 bits per heavy atom. The van der Waals surface area contributed by atoms with E-state index in [1.165, 1.54) is 4.90 Å². The van der Waals surface area contributed by atoms with Crippen LogP contribution in [0.4, 0.5) is 4.79 Å². The van der Waals surface area contributed by atoms with Crippen LogP contribution >= 0.6 is 0 Å². The fourth-order valence-corrected chi connectivity index (χ4v) is 5.37. The first-order valence-electron chi connectivity index (χ1n) is 12.1. The number of hydrogen-bond acceptors (Lipinski definition) is 4. The monoisotopic (exact) mass is 478 g/mol. The lowest BCUT2D eigenvalue weighted by Crippen LogP contribution is -2.58. The Balaban J connectivity index is 1.49. The smallest absolute Gasteiger partial charge is 0.407 e. The van der Waals surface area contributed by atoms with Crippen molar-refractivity contribution >= 4 is 18.0 Å². The fourth-order valence-electron chi connectivity index (χ4n) is 5.37. The lowest BCUT2D eigenvalue weighted by molar-refractivity contribution is -0.153. The highest BCUT2D eigenvalue weighted by atomic mass is 16.5. The van der Waals surface area contributed by atoms with Crippen molar-refractivity contribution in [1.29, 1.82) is 0 Å². The Morgan fingerprint density at radius 1 is 1.06 bits per heavy atom. The lowest BCUT2D eigenvalue weighted by Gasteiger charge is -2.36. The number of rotatable bonds is 5. The SMILES string of the molecule is CC(C)(C)C(NC(=O)OCC1c2ccccc2-c2ccccc21)C(=O)N1CCC(C)(C)C1C(=O)O. The summed E-state index contributed by atoms with van der Waals surface area (Å²) >= 11 is 0. The zero-order chi connectivity index (χ0) is 25.5. The summed E-state index contributed by atoms with van der Waals surface area (Å²) in [7, 11) is 0. The Hall–Kier alpha value is -3.35. The van der Waals surface area contributed by atoms with Gasteiger partial charge in [-0.2, -0.15) is 0 Å². The average molecular weight is 479 g/mol. The van der Waals surface area contributed by atoms with Crippen LogP contribution in [-0.2, 0) is 14.3 Å². The molecule has 1 aliphatic carbocycles. The van der Waals surface area contributed by atoms with Gasteiger partial charge in [-0.25, -0.2) is 9.59 Å². The molecule has 186 valence electrons. The molecule has 1 fully saturated rings. The minimum Gasteiger partial charge on any atom is -0.480 e. The molecule has 2 N–H and O–H groups in total. The van der Waals surface area contributed by atoms with E-state index in [1.807, 2.05) is 71.0 Å². The molecule has 0 saturated carbocycles. The number of carbonyl (C=O) groups excluding carboxylic acids is 2. The molecule has 0 spiro atoms. The molecule has 2 aromatic rings. The van der Waals surface area contributed by atoms with E-state index in [9.17, 15) is 19.5 Å². The van der Waals surface area contributed by atoms with E-state index >= 15 is 0 Å². The zero-order valence-corrected chi connectivity index (χ0v) is 21.0. The van der Waals surface area contributed by atoms with Crippen LogP contribution in [0.3, 0.4) is 0 Å². The number of nitrogens with one attached hydrogen (secondary N) is 1. The van der Waals surface area contributed by atoms with Gasteiger partial charge in [0.1, 0.15) is 18.7 Å². The number of likely N-dealkylation sites (tertiary alicyclic amines) is 1. The fraction of sp³-hybridized carbons (Fsp3) is 0.464. The Morgan fingerprint density at radius 3 is 2.11 bits per heavy atom. The first kappa shape index (κ1) is 24.8. The van der Waals surface area contributed by atoms with Crippen molar-refractivity contribution in [3.05, 3.63) is 59.7 Å². The standard InChI is InChI=1S/C28H34N2O5/c1-27(2,3)22(24(31)30-15-14-28(4,5)23(30)25(32)33)29-26(34)35-16-21-19-12-8-6-10-17(19)18-11-7-9-13-20(18)21/h6-13,21-23H,14-16H2,1-5H3,(H,29,34)(H,32,33). The quantitative estimate of drug-likeness (QED) is 0.652. The van der Waals surface area contributed by atoms with Crippen molar-refractivity contribution in [3.63, 3.8) is 0 Å². The van der Waals surface area contributed by atoms with Gasteiger partial charge in [0, 0.05) is 12.5 Å². The van der Waals surface area contributed by atoms with Crippen LogP contribution in [0.25, 0.3) is 11.1 Å². The second kappa shape index (κ2) is 9.02. The van der Waals surface area contributed by atoms with E-state index in [2.05, 4.69) is 17.4 Å². The van der Waals surface area contributed by atoms with Gasteiger partial charge >= 0.3 is 12.1 Å². The number of benzene rings is 2. The van der Waals surface area contributed by atoms with Crippen molar-refractivity contribution in [1.82, 2.24) is 10.2 Å². The van der Waals surface area contributed by atoms with Gasteiger partial charge in [0.15, 0.2) is 0 Å². The molecule has 0 radical (unpaired) electrons. The molecular formula is C28H34N2O5. The Kier molecular flexibility index (Phi) is 6.38. The number of carbonyl (C=O) groups is 3. The van der Waals surface area contributed by atoms with Crippen LogP contribution in [0.2, 0.25) is 0 Å². The van der Waals surface area contributed by atoms with Gasteiger partial charge in [0.2, 0.25) is 5.91 Å². The van der Waals surface area contributed by atoms with Crippen LogP contribution < -0.4 is 5.32 Å². The minimum atomic E-state index is -1.03. The molecule has 2 atom stereocenters. The number of aliphatic carboxylic acids is 1. The molecule has 2 unspecified atom stereocenters. The zero-order valence-electron chi connectivity index (χ0n) is 21.0. The molecule has 0 aromatic heterocycles. The van der Waals surface area contributed by atoms with Crippen molar-refractivity contribution < 1.29 is 24.2 Å². The van der Waals surface area contributed by atoms with Crippen molar-refractivity contribution in [2.24, 2.45) is 10.8 Å². The van der Waals surface area contributed by atoms with Crippen LogP contribution in [-0.4, -0.2) is 53.2 Å². The van der Waals surface area contributed by atoms with Crippen LogP contribution in [0.15, 0.2) is 48.5 Å². The molecule has 7 nitrogen and oxygen atoms in total. The second-order valence-corrected chi connectivity index (χ2v) is 11.3. The highest BCUT2D eigenvalue weighted by molar-refractivity contribution is 5.91. The number of fused-ring (bicyclic) bond motifs is 3. The summed E-state index contributed by atoms with van der Waals surface area (Å²) in [5, 5.41) is 12.5. The minimum absolute atomic E-state index is 0.0901. The molecule has 2 aliphatic rings. The third-order valence-electron chi connectivity index (χ3n) is 7.28. The van der Waals surface area contributed by atoms with E-state index in [4.69, 9.17) is 4.74 Å². The summed E-state index contributed by atoms with van der Waals surface area (Å²) in [5.41, 5.74) is 3.29. The maximum absolute atomic E-state index is 13.5. The van der Waals surface area contributed by atoms with E-state index < -0.39 is 40.9 Å². The van der Waals surface area contributed by atoms with E-state index in [0.29, 0.717) is 13.0 Å². The largest absolute Gasteiger partial charge is 0.480 e. The molecule has 2 amide bonds. The number of amides is 2. The Bertz CT molecular complexity index is 1100. The maximum atomic E-state index is 13.5. The predicted molar refractivity (Wildman–Crippen MR) is 133 cm³/mol. The van der Waals surface area contributed by atoms with E-state index in [-0.39, 0.29) is 12.5 Å². The van der Waals surface area contributed by atoms with Gasteiger partial charge in [0.25, 0.3) is 0 Å². The van der Waals surface area contributed by atoms with Crippen molar-refractivity contribution in [3.8, 4) is 11.1 Å². The number of alkyl carbamates (subject to hydrolysis) is 1. The van der Waals surface area contributed by atoms with E-state index in [1.54, 1.807) is 0 Å². The van der Waals surface area contributed by atoms with Gasteiger partial charge < -0.3 is 20.1 Å². The summed E-state index contributed by atoms with van der Waals surface area (Å²) < 4.78 is 5.66. The summed E-state index contributed by atoms with van der Waals surface area (Å²) in [6, 6.07) is 14.3. The number of hydrogen-bond donors (Lipinski definition) is 2. The first-order valence-corrected chi connectivity index (χ1v) is 12.1. The lowest BCUT2D eigenvalue weighted by atomic mass is 9.83. The van der Waals surface area contributed by atoms with Gasteiger partial charge in [-0.1, -0.05) is 83.1 Å². The third-order valence-corrected chi connectivity index (χ3v) is 7.28.